The minimum atomic E-state index is -0.461. The van der Waals surface area contributed by atoms with Crippen LogP contribution in [0.5, 0.6) is 0 Å². The van der Waals surface area contributed by atoms with E-state index >= 15 is 0 Å². The summed E-state index contributed by atoms with van der Waals surface area (Å²) >= 11 is -0.436. The summed E-state index contributed by atoms with van der Waals surface area (Å²) in [5, 5.41) is 0. The first kappa shape index (κ1) is 10.1. The van der Waals surface area contributed by atoms with Gasteiger partial charge in [-0.3, -0.25) is 0 Å². The van der Waals surface area contributed by atoms with E-state index in [0.717, 1.165) is 12.8 Å². The molecule has 0 saturated heterocycles. The molecule has 0 atom stereocenters. The average Bonchev–Trinajstić information content (AvgIpc) is 2.06. The molecule has 1 rings (SSSR count). The molecule has 0 aliphatic heterocycles. The van der Waals surface area contributed by atoms with Crippen molar-refractivity contribution in [2.24, 2.45) is 0 Å². The van der Waals surface area contributed by atoms with Crippen LogP contribution >= 0.6 is 0 Å². The third kappa shape index (κ3) is 3.60. The number of rotatable bonds is 2. The average molecular weight is 285 g/mol. The number of carbonyl (C=O) groups excluding carboxylic acids is 1. The van der Waals surface area contributed by atoms with Gasteiger partial charge in [-0.15, -0.1) is 0 Å². The van der Waals surface area contributed by atoms with Gasteiger partial charge in [0, 0.05) is 0 Å². The minimum absolute atomic E-state index is 0.127. The van der Waals surface area contributed by atoms with Gasteiger partial charge in [-0.2, -0.15) is 0 Å². The van der Waals surface area contributed by atoms with Crippen molar-refractivity contribution in [3.8, 4) is 0 Å². The number of carbonyl (C=O) groups is 1. The molecule has 1 aliphatic rings. The van der Waals surface area contributed by atoms with E-state index < -0.39 is 27.8 Å². The predicted octanol–water partition coefficient (Wildman–Crippen LogP) is -0.894. The molecular formula is C8H14IO3-. The van der Waals surface area contributed by atoms with E-state index in [1.54, 1.807) is 0 Å². The van der Waals surface area contributed by atoms with Crippen molar-refractivity contribution in [1.82, 2.24) is 0 Å². The standard InChI is InChI=1S/C8H14IO3/c1-9-12-8(10)11-7-5-3-2-4-6-7/h7H,2-6H2,1H3/q-1. The first-order chi connectivity index (χ1) is 5.83. The van der Waals surface area contributed by atoms with Crippen LogP contribution in [0.3, 0.4) is 0 Å². The van der Waals surface area contributed by atoms with Crippen LogP contribution in [0.25, 0.3) is 0 Å². The zero-order valence-electron chi connectivity index (χ0n) is 7.22. The fourth-order valence-corrected chi connectivity index (χ4v) is 1.86. The van der Waals surface area contributed by atoms with E-state index in [0.29, 0.717) is 0 Å². The van der Waals surface area contributed by atoms with Crippen LogP contribution in [0, 0.1) is 0 Å². The van der Waals surface area contributed by atoms with Gasteiger partial charge in [0.15, 0.2) is 0 Å². The molecule has 3 nitrogen and oxygen atoms in total. The third-order valence-electron chi connectivity index (χ3n) is 1.96. The van der Waals surface area contributed by atoms with Gasteiger partial charge in [-0.1, -0.05) is 0 Å². The number of halogens is 1. The molecule has 1 fully saturated rings. The number of hydrogen-bond acceptors (Lipinski definition) is 3. The van der Waals surface area contributed by atoms with Crippen LogP contribution in [0.2, 0.25) is 0 Å². The molecule has 4 heteroatoms. The van der Waals surface area contributed by atoms with Crippen LogP contribution in [0.4, 0.5) is 4.79 Å². The summed E-state index contributed by atoms with van der Waals surface area (Å²) in [5.74, 6) is 0. The molecule has 0 aromatic rings. The molecule has 0 N–H and O–H groups in total. The van der Waals surface area contributed by atoms with Crippen LogP contribution < -0.4 is 21.6 Å². The van der Waals surface area contributed by atoms with Crippen LogP contribution in [0.15, 0.2) is 0 Å². The van der Waals surface area contributed by atoms with Gasteiger partial charge in [0.25, 0.3) is 0 Å². The van der Waals surface area contributed by atoms with E-state index in [1.165, 1.54) is 19.3 Å². The van der Waals surface area contributed by atoms with Crippen LogP contribution in [-0.2, 0) is 7.80 Å². The zero-order chi connectivity index (χ0) is 8.81. The van der Waals surface area contributed by atoms with E-state index in [1.807, 2.05) is 4.93 Å². The molecule has 0 unspecified atom stereocenters. The Morgan fingerprint density at radius 1 is 1.33 bits per heavy atom. The summed E-state index contributed by atoms with van der Waals surface area (Å²) in [6.45, 7) is 0. The van der Waals surface area contributed by atoms with Crippen LogP contribution in [-0.4, -0.2) is 17.2 Å². The van der Waals surface area contributed by atoms with Gasteiger partial charge in [0.1, 0.15) is 0 Å². The third-order valence-corrected chi connectivity index (χ3v) is 2.76. The normalized spacial score (nSPS) is 19.1. The van der Waals surface area contributed by atoms with Crippen molar-refractivity contribution in [3.63, 3.8) is 0 Å². The topological polar surface area (TPSA) is 35.5 Å². The Balaban J connectivity index is 2.15. The fraction of sp³-hybridized carbons (Fsp3) is 0.875. The van der Waals surface area contributed by atoms with Gasteiger partial charge in [0.05, 0.1) is 0 Å². The van der Waals surface area contributed by atoms with Crippen LogP contribution in [0.1, 0.15) is 32.1 Å². The molecule has 0 aromatic carbocycles. The van der Waals surface area contributed by atoms with Crippen molar-refractivity contribution >= 4 is 6.16 Å². The molecule has 0 radical (unpaired) electrons. The summed E-state index contributed by atoms with van der Waals surface area (Å²) in [5.41, 5.74) is 0. The second-order valence-electron chi connectivity index (χ2n) is 2.86. The van der Waals surface area contributed by atoms with E-state index in [2.05, 4.69) is 0 Å². The Bertz CT molecular complexity index is 143. The van der Waals surface area contributed by atoms with Gasteiger partial charge in [-0.05, 0) is 0 Å². The van der Waals surface area contributed by atoms with E-state index in [9.17, 15) is 4.79 Å². The molecule has 0 bridgehead atoms. The van der Waals surface area contributed by atoms with Gasteiger partial charge < -0.3 is 0 Å². The summed E-state index contributed by atoms with van der Waals surface area (Å²) in [7, 11) is 0. The van der Waals surface area contributed by atoms with Crippen molar-refractivity contribution < 1.29 is 34.2 Å². The van der Waals surface area contributed by atoms with Crippen molar-refractivity contribution in [3.05, 3.63) is 0 Å². The van der Waals surface area contributed by atoms with Gasteiger partial charge in [-0.25, -0.2) is 0 Å². The van der Waals surface area contributed by atoms with Crippen molar-refractivity contribution in [2.75, 3.05) is 4.93 Å². The maximum absolute atomic E-state index is 10.9. The predicted molar refractivity (Wildman–Crippen MR) is 40.4 cm³/mol. The van der Waals surface area contributed by atoms with E-state index in [4.69, 9.17) is 7.80 Å². The Labute approximate surface area is 83.6 Å². The molecule has 0 heterocycles. The van der Waals surface area contributed by atoms with Gasteiger partial charge in [0.2, 0.25) is 0 Å². The zero-order valence-corrected chi connectivity index (χ0v) is 9.37. The van der Waals surface area contributed by atoms with E-state index in [-0.39, 0.29) is 6.10 Å². The first-order valence-corrected chi connectivity index (χ1v) is 7.24. The maximum atomic E-state index is 10.9. The molecule has 1 aliphatic carbocycles. The molecule has 1 saturated carbocycles. The number of alkyl halides is 1. The SMILES string of the molecule is C[I-]OC(=O)OC1CCCCC1. The summed E-state index contributed by atoms with van der Waals surface area (Å²) < 4.78 is 9.89. The molecule has 0 spiro atoms. The summed E-state index contributed by atoms with van der Waals surface area (Å²) in [6, 6.07) is 0. The summed E-state index contributed by atoms with van der Waals surface area (Å²) in [6.07, 6.45) is 5.32. The number of hydrogen-bond donors (Lipinski definition) is 0. The molecule has 0 aromatic heterocycles. The quantitative estimate of drug-likeness (QED) is 0.375. The molecule has 72 valence electrons. The van der Waals surface area contributed by atoms with Gasteiger partial charge >= 0.3 is 83.5 Å². The van der Waals surface area contributed by atoms with Crippen molar-refractivity contribution in [1.29, 1.82) is 0 Å². The second-order valence-corrected chi connectivity index (χ2v) is 4.18. The molecule has 12 heavy (non-hydrogen) atoms. The fourth-order valence-electron chi connectivity index (χ4n) is 1.40. The monoisotopic (exact) mass is 285 g/mol. The summed E-state index contributed by atoms with van der Waals surface area (Å²) in [4.78, 5) is 12.8. The Morgan fingerprint density at radius 2 is 2.00 bits per heavy atom. The molecular weight excluding hydrogens is 271 g/mol. The first-order valence-electron chi connectivity index (χ1n) is 4.20. The second kappa shape index (κ2) is 5.61. The molecule has 0 amide bonds. The number of ether oxygens (including phenoxy) is 1. The van der Waals surface area contributed by atoms with Crippen molar-refractivity contribution in [2.45, 2.75) is 38.2 Å². The Hall–Kier alpha value is 0. The Kier molecular flexibility index (Phi) is 4.72. The Morgan fingerprint density at radius 3 is 2.58 bits per heavy atom.